The van der Waals surface area contributed by atoms with Gasteiger partial charge in [-0.1, -0.05) is 12.1 Å². The Kier molecular flexibility index (Phi) is 2.69. The Labute approximate surface area is 98.0 Å². The second-order valence-electron chi connectivity index (χ2n) is 4.24. The molecule has 0 aliphatic heterocycles. The first-order valence-electron chi connectivity index (χ1n) is 4.99. The number of rotatable bonds is 3. The summed E-state index contributed by atoms with van der Waals surface area (Å²) in [4.78, 5) is 10.9. The first-order valence-corrected chi connectivity index (χ1v) is 6.95. The van der Waals surface area contributed by atoms with E-state index in [1.165, 1.54) is 24.3 Å². The van der Waals surface area contributed by atoms with Gasteiger partial charge in [0.25, 0.3) is 0 Å². The van der Waals surface area contributed by atoms with Crippen LogP contribution in [0.15, 0.2) is 24.3 Å². The molecule has 0 heterocycles. The molecule has 1 aromatic rings. The highest BCUT2D eigenvalue weighted by molar-refractivity contribution is 7.91. The molecule has 1 aliphatic rings. The van der Waals surface area contributed by atoms with Crippen LogP contribution in [0.5, 0.6) is 0 Å². The molecule has 1 N–H and O–H groups in total. The Hall–Kier alpha value is -1.43. The average Bonchev–Trinajstić information content (AvgIpc) is 2.93. The van der Waals surface area contributed by atoms with E-state index in [0.29, 0.717) is 5.56 Å². The van der Waals surface area contributed by atoms with Crippen molar-refractivity contribution in [1.29, 1.82) is 0 Å². The summed E-state index contributed by atoms with van der Waals surface area (Å²) in [5, 5.41) is 8.04. The molecule has 1 aliphatic carbocycles. The number of carbonyl (C=O) groups is 1. The van der Waals surface area contributed by atoms with E-state index in [0.717, 1.165) is 6.26 Å². The topological polar surface area (TPSA) is 71.4 Å². The van der Waals surface area contributed by atoms with Gasteiger partial charge in [0.05, 0.1) is 11.2 Å². The zero-order valence-corrected chi connectivity index (χ0v) is 9.82. The maximum Gasteiger partial charge on any atom is 0.308 e. The molecule has 1 fully saturated rings. The minimum absolute atomic E-state index is 0.433. The molecule has 92 valence electrons. The fourth-order valence-corrected chi connectivity index (χ4v) is 3.78. The molecule has 1 saturated carbocycles. The lowest BCUT2D eigenvalue weighted by Crippen LogP contribution is -2.10. The van der Waals surface area contributed by atoms with Gasteiger partial charge in [-0.05, 0) is 17.7 Å². The largest absolute Gasteiger partial charge is 0.481 e. The molecule has 0 saturated heterocycles. The zero-order valence-electron chi connectivity index (χ0n) is 9.00. The molecular weight excluding hydrogens is 247 g/mol. The van der Waals surface area contributed by atoms with Gasteiger partial charge in [0.2, 0.25) is 0 Å². The second kappa shape index (κ2) is 3.80. The number of halogens is 1. The van der Waals surface area contributed by atoms with Gasteiger partial charge >= 0.3 is 5.97 Å². The number of sulfone groups is 1. The van der Waals surface area contributed by atoms with E-state index in [9.17, 15) is 17.6 Å². The molecule has 0 aromatic heterocycles. The lowest BCUT2D eigenvalue weighted by molar-refractivity contribution is -0.138. The number of hydrogen-bond donors (Lipinski definition) is 1. The fourth-order valence-electron chi connectivity index (χ4n) is 2.19. The van der Waals surface area contributed by atoms with Crippen molar-refractivity contribution in [3.05, 3.63) is 35.6 Å². The van der Waals surface area contributed by atoms with Crippen molar-refractivity contribution in [1.82, 2.24) is 0 Å². The Bertz CT molecular complexity index is 549. The van der Waals surface area contributed by atoms with Gasteiger partial charge in [-0.15, -0.1) is 0 Å². The summed E-state index contributed by atoms with van der Waals surface area (Å²) in [5.41, 5.74) is 0.550. The molecule has 3 atom stereocenters. The Morgan fingerprint density at radius 1 is 1.29 bits per heavy atom. The third-order valence-corrected chi connectivity index (χ3v) is 4.56. The van der Waals surface area contributed by atoms with Crippen LogP contribution in [-0.4, -0.2) is 31.0 Å². The first-order chi connectivity index (χ1) is 7.82. The van der Waals surface area contributed by atoms with Crippen LogP contribution in [0.25, 0.3) is 0 Å². The van der Waals surface area contributed by atoms with Crippen molar-refractivity contribution >= 4 is 15.8 Å². The van der Waals surface area contributed by atoms with E-state index in [2.05, 4.69) is 0 Å². The molecular formula is C11H11FO4S. The summed E-state index contributed by atoms with van der Waals surface area (Å²) < 4.78 is 35.6. The zero-order chi connectivity index (χ0) is 12.8. The minimum atomic E-state index is -3.41. The van der Waals surface area contributed by atoms with Crippen LogP contribution in [0, 0.1) is 11.7 Å². The van der Waals surface area contributed by atoms with Crippen molar-refractivity contribution in [3.63, 3.8) is 0 Å². The summed E-state index contributed by atoms with van der Waals surface area (Å²) in [7, 11) is -3.41. The number of carboxylic acids is 1. The lowest BCUT2D eigenvalue weighted by atomic mass is 10.1. The molecule has 0 bridgehead atoms. The van der Waals surface area contributed by atoms with E-state index in [-0.39, 0.29) is 0 Å². The summed E-state index contributed by atoms with van der Waals surface area (Å²) in [6.45, 7) is 0. The predicted molar refractivity (Wildman–Crippen MR) is 58.9 cm³/mol. The average molecular weight is 258 g/mol. The Morgan fingerprint density at radius 3 is 2.18 bits per heavy atom. The van der Waals surface area contributed by atoms with Gasteiger partial charge in [0, 0.05) is 12.2 Å². The van der Waals surface area contributed by atoms with Gasteiger partial charge in [-0.25, -0.2) is 12.8 Å². The highest BCUT2D eigenvalue weighted by Gasteiger charge is 2.61. The standard InChI is InChI=1S/C11H11FO4S/c1-17(15,16)10-8(9(10)11(13)14)6-2-4-7(12)5-3-6/h2-5,8-10H,1H3,(H,13,14)/t8-,9+,10+/m0/s1. The molecule has 0 radical (unpaired) electrons. The van der Waals surface area contributed by atoms with E-state index < -0.39 is 38.7 Å². The Morgan fingerprint density at radius 2 is 1.82 bits per heavy atom. The number of hydrogen-bond acceptors (Lipinski definition) is 3. The van der Waals surface area contributed by atoms with Crippen LogP contribution < -0.4 is 0 Å². The van der Waals surface area contributed by atoms with E-state index in [1.54, 1.807) is 0 Å². The quantitative estimate of drug-likeness (QED) is 0.879. The summed E-state index contributed by atoms with van der Waals surface area (Å²) >= 11 is 0. The number of benzene rings is 1. The van der Waals surface area contributed by atoms with Gasteiger partial charge in [-0.2, -0.15) is 0 Å². The van der Waals surface area contributed by atoms with Crippen LogP contribution in [0.3, 0.4) is 0 Å². The maximum atomic E-state index is 12.7. The van der Waals surface area contributed by atoms with Crippen molar-refractivity contribution in [2.24, 2.45) is 5.92 Å². The molecule has 17 heavy (non-hydrogen) atoms. The van der Waals surface area contributed by atoms with Crippen molar-refractivity contribution in [2.45, 2.75) is 11.2 Å². The van der Waals surface area contributed by atoms with E-state index in [1.807, 2.05) is 0 Å². The Balaban J connectivity index is 2.34. The van der Waals surface area contributed by atoms with Gasteiger partial charge in [-0.3, -0.25) is 4.79 Å². The van der Waals surface area contributed by atoms with E-state index >= 15 is 0 Å². The first kappa shape index (κ1) is 12.0. The number of aliphatic carboxylic acids is 1. The fraction of sp³-hybridized carbons (Fsp3) is 0.364. The smallest absolute Gasteiger partial charge is 0.308 e. The third kappa shape index (κ3) is 2.17. The maximum absolute atomic E-state index is 12.7. The minimum Gasteiger partial charge on any atom is -0.481 e. The van der Waals surface area contributed by atoms with Crippen molar-refractivity contribution < 1.29 is 22.7 Å². The van der Waals surface area contributed by atoms with Crippen LogP contribution >= 0.6 is 0 Å². The molecule has 0 spiro atoms. The highest BCUT2D eigenvalue weighted by atomic mass is 32.2. The molecule has 2 rings (SSSR count). The summed E-state index contributed by atoms with van der Waals surface area (Å²) in [6, 6.07) is 5.26. The second-order valence-corrected chi connectivity index (χ2v) is 6.44. The SMILES string of the molecule is CS(=O)(=O)[C@H]1[C@H](C(=O)O)[C@@H]1c1ccc(F)cc1. The molecule has 1 aromatic carbocycles. The predicted octanol–water partition coefficient (Wildman–Crippen LogP) is 1.04. The highest BCUT2D eigenvalue weighted by Crippen LogP contribution is 2.52. The summed E-state index contributed by atoms with van der Waals surface area (Å²) in [6.07, 6.45) is 1.02. The van der Waals surface area contributed by atoms with E-state index in [4.69, 9.17) is 5.11 Å². The van der Waals surface area contributed by atoms with Gasteiger partial charge in [0.1, 0.15) is 5.82 Å². The molecule has 6 heteroatoms. The number of carboxylic acid groups (broad SMARTS) is 1. The van der Waals surface area contributed by atoms with Gasteiger partial charge in [0.15, 0.2) is 9.84 Å². The third-order valence-electron chi connectivity index (χ3n) is 2.99. The molecule has 4 nitrogen and oxygen atoms in total. The monoisotopic (exact) mass is 258 g/mol. The molecule has 0 amide bonds. The van der Waals surface area contributed by atoms with Crippen LogP contribution in [0.2, 0.25) is 0 Å². The van der Waals surface area contributed by atoms with Crippen molar-refractivity contribution in [3.8, 4) is 0 Å². The van der Waals surface area contributed by atoms with Gasteiger partial charge < -0.3 is 5.11 Å². The summed E-state index contributed by atoms with van der Waals surface area (Å²) in [5.74, 6) is -3.05. The van der Waals surface area contributed by atoms with Crippen LogP contribution in [-0.2, 0) is 14.6 Å². The van der Waals surface area contributed by atoms with Crippen molar-refractivity contribution in [2.75, 3.05) is 6.26 Å². The molecule has 0 unspecified atom stereocenters. The normalized spacial score (nSPS) is 27.8. The lowest BCUT2D eigenvalue weighted by Gasteiger charge is -1.98. The van der Waals surface area contributed by atoms with Crippen LogP contribution in [0.4, 0.5) is 4.39 Å². The van der Waals surface area contributed by atoms with Crippen LogP contribution in [0.1, 0.15) is 11.5 Å².